The number of imidazole rings is 1. The van der Waals surface area contributed by atoms with Crippen LogP contribution in [0, 0.1) is 12.8 Å². The Morgan fingerprint density at radius 2 is 2.00 bits per heavy atom. The topological polar surface area (TPSA) is 72.7 Å². The Kier molecular flexibility index (Phi) is 5.91. The molecule has 2 aromatic rings. The third-order valence-electron chi connectivity index (χ3n) is 5.26. The van der Waals surface area contributed by atoms with Gasteiger partial charge in [-0.2, -0.15) is 0 Å². The van der Waals surface area contributed by atoms with Crippen LogP contribution in [0.2, 0.25) is 0 Å². The van der Waals surface area contributed by atoms with Gasteiger partial charge in [-0.05, 0) is 44.2 Å². The Labute approximate surface area is 153 Å². The van der Waals surface area contributed by atoms with Crippen molar-refractivity contribution in [1.29, 1.82) is 0 Å². The highest BCUT2D eigenvalue weighted by atomic mass is 16.5. The Morgan fingerprint density at radius 3 is 2.69 bits per heavy atom. The number of rotatable bonds is 4. The van der Waals surface area contributed by atoms with E-state index in [0.29, 0.717) is 6.42 Å². The van der Waals surface area contributed by atoms with E-state index in [1.807, 2.05) is 29.7 Å². The van der Waals surface area contributed by atoms with Crippen molar-refractivity contribution in [3.05, 3.63) is 35.8 Å². The molecule has 1 aliphatic carbocycles. The molecule has 1 saturated carbocycles. The van der Waals surface area contributed by atoms with Crippen molar-refractivity contribution in [3.8, 4) is 0 Å². The summed E-state index contributed by atoms with van der Waals surface area (Å²) in [5, 5.41) is 3.17. The van der Waals surface area contributed by atoms with Gasteiger partial charge in [0.15, 0.2) is 0 Å². The van der Waals surface area contributed by atoms with Gasteiger partial charge < -0.3 is 14.5 Å². The minimum atomic E-state index is -0.101. The number of carbonyl (C=O) groups is 2. The molecule has 1 aliphatic rings. The Balaban J connectivity index is 1.55. The Bertz CT molecular complexity index is 774. The number of pyridine rings is 1. The number of esters is 1. The summed E-state index contributed by atoms with van der Waals surface area (Å²) in [7, 11) is 1.45. The zero-order chi connectivity index (χ0) is 18.5. The van der Waals surface area contributed by atoms with Gasteiger partial charge in [0.05, 0.1) is 25.1 Å². The highest BCUT2D eigenvalue weighted by Crippen LogP contribution is 2.23. The van der Waals surface area contributed by atoms with Crippen molar-refractivity contribution >= 4 is 17.5 Å². The van der Waals surface area contributed by atoms with Gasteiger partial charge in [-0.3, -0.25) is 9.59 Å². The zero-order valence-corrected chi connectivity index (χ0v) is 15.5. The van der Waals surface area contributed by atoms with Crippen LogP contribution in [0.15, 0.2) is 24.5 Å². The standard InChI is InChI=1S/C20H27N3O3/c1-14-6-5-11-23-17(13-21-19(14)23)12-18(24)22-16-9-3-7-15(8-4-10-16)20(25)26-2/h5-6,11,13,15-16H,3-4,7-10,12H2,1-2H3,(H,22,24). The summed E-state index contributed by atoms with van der Waals surface area (Å²) in [6.07, 6.45) is 9.40. The lowest BCUT2D eigenvalue weighted by atomic mass is 9.89. The predicted octanol–water partition coefficient (Wildman–Crippen LogP) is 2.81. The molecular weight excluding hydrogens is 330 g/mol. The number of aryl methyl sites for hydroxylation is 1. The van der Waals surface area contributed by atoms with Gasteiger partial charge in [0.1, 0.15) is 5.65 Å². The average molecular weight is 357 g/mol. The van der Waals surface area contributed by atoms with Crippen LogP contribution < -0.4 is 5.32 Å². The van der Waals surface area contributed by atoms with Gasteiger partial charge in [0, 0.05) is 18.4 Å². The summed E-state index contributed by atoms with van der Waals surface area (Å²) in [5.74, 6) is -0.0585. The number of ether oxygens (including phenoxy) is 1. The van der Waals surface area contributed by atoms with Crippen LogP contribution in [-0.4, -0.2) is 34.4 Å². The molecule has 6 heteroatoms. The largest absolute Gasteiger partial charge is 0.469 e. The molecule has 0 aliphatic heterocycles. The molecule has 1 fully saturated rings. The third-order valence-corrected chi connectivity index (χ3v) is 5.26. The van der Waals surface area contributed by atoms with Crippen molar-refractivity contribution in [3.63, 3.8) is 0 Å². The number of hydrogen-bond donors (Lipinski definition) is 1. The average Bonchev–Trinajstić information content (AvgIpc) is 3.01. The highest BCUT2D eigenvalue weighted by Gasteiger charge is 2.23. The summed E-state index contributed by atoms with van der Waals surface area (Å²) in [6.45, 7) is 2.02. The van der Waals surface area contributed by atoms with E-state index >= 15 is 0 Å². The first-order chi connectivity index (χ1) is 12.6. The van der Waals surface area contributed by atoms with Crippen LogP contribution in [0.3, 0.4) is 0 Å². The van der Waals surface area contributed by atoms with Crippen molar-refractivity contribution in [2.75, 3.05) is 7.11 Å². The lowest BCUT2D eigenvalue weighted by Gasteiger charge is -2.24. The number of methoxy groups -OCH3 is 1. The van der Waals surface area contributed by atoms with E-state index in [0.717, 1.165) is 55.4 Å². The second-order valence-corrected chi connectivity index (χ2v) is 7.16. The monoisotopic (exact) mass is 357 g/mol. The number of nitrogens with zero attached hydrogens (tertiary/aromatic N) is 2. The van der Waals surface area contributed by atoms with Crippen molar-refractivity contribution in [1.82, 2.24) is 14.7 Å². The molecule has 0 aromatic carbocycles. The third kappa shape index (κ3) is 4.23. The van der Waals surface area contributed by atoms with E-state index in [-0.39, 0.29) is 23.8 Å². The molecule has 0 bridgehead atoms. The fourth-order valence-electron chi connectivity index (χ4n) is 3.83. The van der Waals surface area contributed by atoms with E-state index in [4.69, 9.17) is 4.74 Å². The van der Waals surface area contributed by atoms with E-state index in [1.54, 1.807) is 6.20 Å². The molecule has 0 atom stereocenters. The first-order valence-corrected chi connectivity index (χ1v) is 9.37. The van der Waals surface area contributed by atoms with Crippen LogP contribution >= 0.6 is 0 Å². The fraction of sp³-hybridized carbons (Fsp3) is 0.550. The molecule has 0 spiro atoms. The smallest absolute Gasteiger partial charge is 0.308 e. The van der Waals surface area contributed by atoms with Gasteiger partial charge in [-0.15, -0.1) is 0 Å². The first-order valence-electron chi connectivity index (χ1n) is 9.37. The second kappa shape index (κ2) is 8.34. The van der Waals surface area contributed by atoms with Gasteiger partial charge in [-0.25, -0.2) is 4.98 Å². The minimum Gasteiger partial charge on any atom is -0.469 e. The first kappa shape index (κ1) is 18.4. The molecule has 0 unspecified atom stereocenters. The lowest BCUT2D eigenvalue weighted by Crippen LogP contribution is -2.37. The highest BCUT2D eigenvalue weighted by molar-refractivity contribution is 5.78. The lowest BCUT2D eigenvalue weighted by molar-refractivity contribution is -0.146. The molecule has 0 radical (unpaired) electrons. The molecule has 26 heavy (non-hydrogen) atoms. The molecule has 2 heterocycles. The van der Waals surface area contributed by atoms with Crippen LogP contribution in [0.4, 0.5) is 0 Å². The zero-order valence-electron chi connectivity index (χ0n) is 15.5. The SMILES string of the molecule is COC(=O)C1CCCC(NC(=O)Cc2cnc3c(C)cccn23)CCC1. The molecule has 0 saturated heterocycles. The van der Waals surface area contributed by atoms with Gasteiger partial charge in [0.2, 0.25) is 5.91 Å². The number of amides is 1. The van der Waals surface area contributed by atoms with Crippen LogP contribution in [-0.2, 0) is 20.7 Å². The number of carbonyl (C=O) groups excluding carboxylic acids is 2. The van der Waals surface area contributed by atoms with Gasteiger partial charge in [-0.1, -0.05) is 18.9 Å². The summed E-state index contributed by atoms with van der Waals surface area (Å²) < 4.78 is 6.84. The Hall–Kier alpha value is -2.37. The molecule has 6 nitrogen and oxygen atoms in total. The fourth-order valence-corrected chi connectivity index (χ4v) is 3.83. The molecule has 3 rings (SSSR count). The maximum atomic E-state index is 12.5. The normalized spacial score (nSPS) is 21.0. The minimum absolute atomic E-state index is 0.0121. The maximum absolute atomic E-state index is 12.5. The van der Waals surface area contributed by atoms with E-state index in [9.17, 15) is 9.59 Å². The van der Waals surface area contributed by atoms with Crippen molar-refractivity contribution < 1.29 is 14.3 Å². The maximum Gasteiger partial charge on any atom is 0.308 e. The quantitative estimate of drug-likeness (QED) is 0.854. The van der Waals surface area contributed by atoms with Crippen LogP contribution in [0.25, 0.3) is 5.65 Å². The number of aromatic nitrogens is 2. The van der Waals surface area contributed by atoms with Crippen molar-refractivity contribution in [2.24, 2.45) is 5.92 Å². The second-order valence-electron chi connectivity index (χ2n) is 7.16. The Morgan fingerprint density at radius 1 is 1.27 bits per heavy atom. The van der Waals surface area contributed by atoms with Gasteiger partial charge in [0.25, 0.3) is 0 Å². The molecule has 2 aromatic heterocycles. The van der Waals surface area contributed by atoms with Gasteiger partial charge >= 0.3 is 5.97 Å². The van der Waals surface area contributed by atoms with E-state index < -0.39 is 0 Å². The molecule has 1 amide bonds. The summed E-state index contributed by atoms with van der Waals surface area (Å²) in [6, 6.07) is 4.17. The molecular formula is C20H27N3O3. The molecule has 1 N–H and O–H groups in total. The van der Waals surface area contributed by atoms with Crippen LogP contribution in [0.5, 0.6) is 0 Å². The van der Waals surface area contributed by atoms with Crippen molar-refractivity contribution in [2.45, 2.75) is 57.9 Å². The predicted molar refractivity (Wildman–Crippen MR) is 98.8 cm³/mol. The summed E-state index contributed by atoms with van der Waals surface area (Å²) in [4.78, 5) is 28.6. The summed E-state index contributed by atoms with van der Waals surface area (Å²) in [5.41, 5.74) is 2.90. The van der Waals surface area contributed by atoms with E-state index in [2.05, 4.69) is 10.3 Å². The van der Waals surface area contributed by atoms with Crippen LogP contribution in [0.1, 0.15) is 49.8 Å². The number of fused-ring (bicyclic) bond motifs is 1. The number of nitrogens with one attached hydrogen (secondary N) is 1. The molecule has 140 valence electrons. The van der Waals surface area contributed by atoms with E-state index in [1.165, 1.54) is 7.11 Å². The summed E-state index contributed by atoms with van der Waals surface area (Å²) >= 11 is 0. The number of hydrogen-bond acceptors (Lipinski definition) is 4.